The van der Waals surface area contributed by atoms with Crippen LogP contribution < -0.4 is 0 Å². The third-order valence-corrected chi connectivity index (χ3v) is 4.38. The number of rotatable bonds is 3. The van der Waals surface area contributed by atoms with Crippen LogP contribution in [-0.2, 0) is 6.54 Å². The van der Waals surface area contributed by atoms with Gasteiger partial charge in [-0.2, -0.15) is 5.10 Å². The van der Waals surface area contributed by atoms with Gasteiger partial charge in [-0.15, -0.1) is 0 Å². The molecule has 6 nitrogen and oxygen atoms in total. The van der Waals surface area contributed by atoms with Gasteiger partial charge >= 0.3 is 0 Å². The molecule has 0 fully saturated rings. The van der Waals surface area contributed by atoms with Crippen molar-refractivity contribution in [3.05, 3.63) is 54.2 Å². The van der Waals surface area contributed by atoms with E-state index in [0.29, 0.717) is 0 Å². The standard InChI is InChI=1S/C19H19N5O/c1-4-23-10-15(9-21-23)24-11-17-18(19(24)25)12(2)7-16(22-17)14-6-5-13(3)20-8-14/h5-11,25H,4H2,1-3H3. The van der Waals surface area contributed by atoms with Crippen molar-refractivity contribution in [2.75, 3.05) is 0 Å². The smallest absolute Gasteiger partial charge is 0.205 e. The van der Waals surface area contributed by atoms with E-state index in [1.54, 1.807) is 10.8 Å². The highest BCUT2D eigenvalue weighted by molar-refractivity contribution is 5.90. The molecule has 0 aliphatic rings. The van der Waals surface area contributed by atoms with Gasteiger partial charge in [0, 0.05) is 36.4 Å². The second-order valence-corrected chi connectivity index (χ2v) is 6.15. The lowest BCUT2D eigenvalue weighted by Crippen LogP contribution is -1.93. The lowest BCUT2D eigenvalue weighted by molar-refractivity contribution is 0.448. The molecule has 4 heterocycles. The maximum absolute atomic E-state index is 10.7. The zero-order valence-corrected chi connectivity index (χ0v) is 14.4. The van der Waals surface area contributed by atoms with E-state index in [9.17, 15) is 5.11 Å². The average molecular weight is 333 g/mol. The minimum absolute atomic E-state index is 0.184. The van der Waals surface area contributed by atoms with Crippen molar-refractivity contribution >= 4 is 10.9 Å². The molecule has 4 aromatic heterocycles. The molecule has 0 saturated carbocycles. The summed E-state index contributed by atoms with van der Waals surface area (Å²) in [4.78, 5) is 9.06. The summed E-state index contributed by atoms with van der Waals surface area (Å²) in [7, 11) is 0. The second-order valence-electron chi connectivity index (χ2n) is 6.15. The van der Waals surface area contributed by atoms with Crippen LogP contribution in [0.15, 0.2) is 43.0 Å². The average Bonchev–Trinajstić information content (AvgIpc) is 3.20. The van der Waals surface area contributed by atoms with E-state index in [2.05, 4.69) is 10.1 Å². The van der Waals surface area contributed by atoms with Crippen LogP contribution in [0.25, 0.3) is 27.8 Å². The summed E-state index contributed by atoms with van der Waals surface area (Å²) >= 11 is 0. The summed E-state index contributed by atoms with van der Waals surface area (Å²) in [5, 5.41) is 15.7. The maximum atomic E-state index is 10.7. The number of fused-ring (bicyclic) bond motifs is 1. The molecule has 0 radical (unpaired) electrons. The van der Waals surface area contributed by atoms with Crippen molar-refractivity contribution in [3.8, 4) is 22.8 Å². The maximum Gasteiger partial charge on any atom is 0.205 e. The summed E-state index contributed by atoms with van der Waals surface area (Å²) in [5.74, 6) is 0.184. The van der Waals surface area contributed by atoms with Crippen molar-refractivity contribution in [3.63, 3.8) is 0 Å². The monoisotopic (exact) mass is 333 g/mol. The Morgan fingerprint density at radius 3 is 2.64 bits per heavy atom. The molecule has 126 valence electrons. The molecule has 0 aliphatic carbocycles. The van der Waals surface area contributed by atoms with Crippen molar-refractivity contribution in [1.29, 1.82) is 0 Å². The highest BCUT2D eigenvalue weighted by Gasteiger charge is 2.16. The highest BCUT2D eigenvalue weighted by Crippen LogP contribution is 2.33. The Kier molecular flexibility index (Phi) is 3.53. The zero-order chi connectivity index (χ0) is 17.6. The van der Waals surface area contributed by atoms with E-state index in [0.717, 1.165) is 45.6 Å². The topological polar surface area (TPSA) is 68.8 Å². The number of aromatic nitrogens is 5. The molecule has 25 heavy (non-hydrogen) atoms. The van der Waals surface area contributed by atoms with E-state index < -0.39 is 0 Å². The van der Waals surface area contributed by atoms with Gasteiger partial charge in [0.1, 0.15) is 0 Å². The van der Waals surface area contributed by atoms with Crippen molar-refractivity contribution < 1.29 is 5.11 Å². The van der Waals surface area contributed by atoms with E-state index in [4.69, 9.17) is 4.98 Å². The molecule has 0 atom stereocenters. The summed E-state index contributed by atoms with van der Waals surface area (Å²) in [6.07, 6.45) is 7.31. The van der Waals surface area contributed by atoms with Crippen molar-refractivity contribution in [2.45, 2.75) is 27.3 Å². The van der Waals surface area contributed by atoms with E-state index in [1.165, 1.54) is 0 Å². The first-order valence-corrected chi connectivity index (χ1v) is 8.24. The molecule has 0 spiro atoms. The van der Waals surface area contributed by atoms with Crippen LogP contribution >= 0.6 is 0 Å². The third-order valence-electron chi connectivity index (χ3n) is 4.38. The van der Waals surface area contributed by atoms with Gasteiger partial charge in [0.15, 0.2) is 0 Å². The van der Waals surface area contributed by atoms with Gasteiger partial charge in [-0.1, -0.05) is 0 Å². The molecule has 0 saturated heterocycles. The molecule has 4 aromatic rings. The molecule has 0 amide bonds. The van der Waals surface area contributed by atoms with Gasteiger partial charge in [-0.3, -0.25) is 14.2 Å². The predicted molar refractivity (Wildman–Crippen MR) is 96.9 cm³/mol. The Bertz CT molecular complexity index is 1060. The van der Waals surface area contributed by atoms with Crippen molar-refractivity contribution in [1.82, 2.24) is 24.3 Å². The van der Waals surface area contributed by atoms with Gasteiger partial charge in [0.2, 0.25) is 5.88 Å². The van der Waals surface area contributed by atoms with E-state index >= 15 is 0 Å². The van der Waals surface area contributed by atoms with Crippen LogP contribution in [0.5, 0.6) is 5.88 Å². The first-order chi connectivity index (χ1) is 12.1. The number of aryl methyl sites for hydroxylation is 3. The molecular weight excluding hydrogens is 314 g/mol. The summed E-state index contributed by atoms with van der Waals surface area (Å²) < 4.78 is 3.55. The van der Waals surface area contributed by atoms with Crippen LogP contribution in [0.3, 0.4) is 0 Å². The number of nitrogens with zero attached hydrogens (tertiary/aromatic N) is 5. The summed E-state index contributed by atoms with van der Waals surface area (Å²) in [5.41, 5.74) is 5.31. The Morgan fingerprint density at radius 1 is 1.12 bits per heavy atom. The van der Waals surface area contributed by atoms with Gasteiger partial charge in [0.05, 0.1) is 28.5 Å². The number of pyridine rings is 2. The van der Waals surface area contributed by atoms with Gasteiger partial charge in [0.25, 0.3) is 0 Å². The fraction of sp³-hybridized carbons (Fsp3) is 0.211. The molecule has 0 bridgehead atoms. The van der Waals surface area contributed by atoms with Crippen LogP contribution in [0.1, 0.15) is 18.2 Å². The van der Waals surface area contributed by atoms with Crippen LogP contribution in [0.2, 0.25) is 0 Å². The fourth-order valence-corrected chi connectivity index (χ4v) is 3.00. The Balaban J connectivity index is 1.87. The molecule has 1 N–H and O–H groups in total. The largest absolute Gasteiger partial charge is 0.494 e. The predicted octanol–water partition coefficient (Wildman–Crippen LogP) is 3.63. The zero-order valence-electron chi connectivity index (χ0n) is 14.4. The number of aromatic hydroxyl groups is 1. The van der Waals surface area contributed by atoms with E-state index in [1.807, 2.05) is 62.2 Å². The molecule has 0 unspecified atom stereocenters. The van der Waals surface area contributed by atoms with Gasteiger partial charge in [-0.25, -0.2) is 4.98 Å². The first-order valence-electron chi connectivity index (χ1n) is 8.24. The summed E-state index contributed by atoms with van der Waals surface area (Å²) in [6.45, 7) is 6.74. The van der Waals surface area contributed by atoms with Crippen LogP contribution in [0, 0.1) is 13.8 Å². The van der Waals surface area contributed by atoms with Crippen molar-refractivity contribution in [2.24, 2.45) is 0 Å². The lowest BCUT2D eigenvalue weighted by atomic mass is 10.1. The summed E-state index contributed by atoms with van der Waals surface area (Å²) in [6, 6.07) is 5.96. The second kappa shape index (κ2) is 5.73. The molecular formula is C19H19N5O. The molecule has 0 aliphatic heterocycles. The Hall–Kier alpha value is -3.15. The quantitative estimate of drug-likeness (QED) is 0.621. The Morgan fingerprint density at radius 2 is 1.96 bits per heavy atom. The number of hydrogen-bond acceptors (Lipinski definition) is 4. The molecule has 6 heteroatoms. The van der Waals surface area contributed by atoms with Crippen LogP contribution in [-0.4, -0.2) is 29.4 Å². The fourth-order valence-electron chi connectivity index (χ4n) is 3.00. The highest BCUT2D eigenvalue weighted by atomic mass is 16.3. The minimum atomic E-state index is 0.184. The van der Waals surface area contributed by atoms with E-state index in [-0.39, 0.29) is 5.88 Å². The van der Waals surface area contributed by atoms with Gasteiger partial charge < -0.3 is 5.11 Å². The minimum Gasteiger partial charge on any atom is -0.494 e. The molecule has 4 rings (SSSR count). The first kappa shape index (κ1) is 15.4. The lowest BCUT2D eigenvalue weighted by Gasteiger charge is -2.04. The third kappa shape index (κ3) is 2.55. The Labute approximate surface area is 145 Å². The number of hydrogen-bond donors (Lipinski definition) is 1. The molecule has 0 aromatic carbocycles. The van der Waals surface area contributed by atoms with Gasteiger partial charge in [-0.05, 0) is 44.5 Å². The normalized spacial score (nSPS) is 11.3. The SMILES string of the molecule is CCn1cc(-n2cc3nc(-c4ccc(C)nc4)cc(C)c3c2O)cn1. The van der Waals surface area contributed by atoms with Crippen LogP contribution in [0.4, 0.5) is 0 Å².